The topological polar surface area (TPSA) is 80.3 Å². The van der Waals surface area contributed by atoms with Crippen molar-refractivity contribution in [1.29, 1.82) is 0 Å². The number of benzene rings is 3. The number of hydrogen-bond donors (Lipinski definition) is 2. The molecule has 182 valence electrons. The van der Waals surface area contributed by atoms with E-state index in [4.69, 9.17) is 51.1 Å². The lowest BCUT2D eigenvalue weighted by atomic mass is 10.2. The van der Waals surface area contributed by atoms with E-state index in [9.17, 15) is 9.59 Å². The third-order valence-corrected chi connectivity index (χ3v) is 6.74. The van der Waals surface area contributed by atoms with Crippen LogP contribution in [-0.4, -0.2) is 16.9 Å². The van der Waals surface area contributed by atoms with Crippen LogP contribution in [0.4, 0.5) is 10.5 Å². The molecule has 0 saturated heterocycles. The van der Waals surface area contributed by atoms with Crippen molar-refractivity contribution >= 4 is 75.8 Å². The van der Waals surface area contributed by atoms with Crippen LogP contribution in [0, 0.1) is 0 Å². The zero-order valence-electron chi connectivity index (χ0n) is 18.1. The molecule has 3 amide bonds. The highest BCUT2D eigenvalue weighted by atomic mass is 35.5. The molecule has 0 aliphatic carbocycles. The van der Waals surface area contributed by atoms with Crippen LogP contribution in [0.3, 0.4) is 0 Å². The SMILES string of the molecule is O=C(NC(=O)c1c(Cl)cccc1Cl)Nc1cnc(Oc2ccc(Sc3ccc(Cl)cc3)cc2)c(Cl)c1. The maximum atomic E-state index is 12.3. The second-order valence-corrected chi connectivity index (χ2v) is 9.95. The molecule has 0 spiro atoms. The summed E-state index contributed by atoms with van der Waals surface area (Å²) < 4.78 is 5.76. The van der Waals surface area contributed by atoms with Crippen molar-refractivity contribution < 1.29 is 14.3 Å². The van der Waals surface area contributed by atoms with Gasteiger partial charge in [-0.25, -0.2) is 9.78 Å². The van der Waals surface area contributed by atoms with E-state index < -0.39 is 11.9 Å². The standard InChI is InChI=1S/C25H15Cl4N3O3S/c26-14-4-8-17(9-5-14)36-18-10-6-16(7-11-18)35-24-21(29)12-15(13-30-24)31-25(34)32-23(33)22-19(27)2-1-3-20(22)28/h1-13H,(H2,31,32,33,34). The first kappa shape index (κ1) is 26.1. The molecule has 0 fully saturated rings. The molecule has 2 N–H and O–H groups in total. The molecule has 11 heteroatoms. The van der Waals surface area contributed by atoms with Crippen LogP contribution in [0.2, 0.25) is 20.1 Å². The molecular weight excluding hydrogens is 564 g/mol. The number of hydrogen-bond acceptors (Lipinski definition) is 5. The predicted molar refractivity (Wildman–Crippen MR) is 144 cm³/mol. The summed E-state index contributed by atoms with van der Waals surface area (Å²) in [7, 11) is 0. The van der Waals surface area contributed by atoms with Gasteiger partial charge in [0, 0.05) is 14.8 Å². The number of aromatic nitrogens is 1. The number of amides is 3. The minimum atomic E-state index is -0.809. The average Bonchev–Trinajstić information content (AvgIpc) is 2.83. The lowest BCUT2D eigenvalue weighted by Crippen LogP contribution is -2.34. The summed E-state index contributed by atoms with van der Waals surface area (Å²) in [5, 5.41) is 5.72. The van der Waals surface area contributed by atoms with Gasteiger partial charge in [0.1, 0.15) is 10.8 Å². The highest BCUT2D eigenvalue weighted by Crippen LogP contribution is 2.33. The van der Waals surface area contributed by atoms with Crippen molar-refractivity contribution in [2.45, 2.75) is 9.79 Å². The van der Waals surface area contributed by atoms with Gasteiger partial charge in [-0.3, -0.25) is 10.1 Å². The molecule has 0 radical (unpaired) electrons. The van der Waals surface area contributed by atoms with Gasteiger partial charge >= 0.3 is 6.03 Å². The number of pyridine rings is 1. The molecule has 6 nitrogen and oxygen atoms in total. The van der Waals surface area contributed by atoms with Crippen LogP contribution in [0.1, 0.15) is 10.4 Å². The van der Waals surface area contributed by atoms with Gasteiger partial charge in [0.25, 0.3) is 5.91 Å². The van der Waals surface area contributed by atoms with Crippen molar-refractivity contribution in [3.63, 3.8) is 0 Å². The van der Waals surface area contributed by atoms with Crippen LogP contribution in [0.15, 0.2) is 88.8 Å². The highest BCUT2D eigenvalue weighted by molar-refractivity contribution is 7.99. The number of rotatable bonds is 6. The molecule has 36 heavy (non-hydrogen) atoms. The monoisotopic (exact) mass is 577 g/mol. The summed E-state index contributed by atoms with van der Waals surface area (Å²) in [6, 6.07) is 20.2. The number of carbonyl (C=O) groups excluding carboxylic acids is 2. The molecule has 0 aliphatic heterocycles. The van der Waals surface area contributed by atoms with Gasteiger partial charge < -0.3 is 10.1 Å². The maximum Gasteiger partial charge on any atom is 0.326 e. The Morgan fingerprint density at radius 3 is 2.03 bits per heavy atom. The van der Waals surface area contributed by atoms with E-state index >= 15 is 0 Å². The van der Waals surface area contributed by atoms with Gasteiger partial charge in [-0.15, -0.1) is 0 Å². The molecule has 0 aliphatic rings. The van der Waals surface area contributed by atoms with E-state index in [1.807, 2.05) is 36.4 Å². The minimum absolute atomic E-state index is 0.00604. The molecule has 0 unspecified atom stereocenters. The second-order valence-electron chi connectivity index (χ2n) is 7.15. The van der Waals surface area contributed by atoms with Gasteiger partial charge in [-0.05, 0) is 66.7 Å². The van der Waals surface area contributed by atoms with E-state index in [0.717, 1.165) is 9.79 Å². The molecular formula is C25H15Cl4N3O3S. The Morgan fingerprint density at radius 1 is 0.806 bits per heavy atom. The maximum absolute atomic E-state index is 12.3. The van der Waals surface area contributed by atoms with Crippen LogP contribution in [0.5, 0.6) is 11.6 Å². The Kier molecular flexibility index (Phi) is 8.61. The average molecular weight is 579 g/mol. The van der Waals surface area contributed by atoms with Crippen molar-refractivity contribution in [2.24, 2.45) is 0 Å². The van der Waals surface area contributed by atoms with Gasteiger partial charge in [0.15, 0.2) is 0 Å². The first-order valence-electron chi connectivity index (χ1n) is 10.2. The van der Waals surface area contributed by atoms with E-state index in [1.165, 1.54) is 24.4 Å². The number of anilines is 1. The Balaban J connectivity index is 1.35. The number of nitrogens with zero attached hydrogens (tertiary/aromatic N) is 1. The zero-order chi connectivity index (χ0) is 25.7. The fourth-order valence-corrected chi connectivity index (χ4v) is 4.65. The molecule has 4 aromatic rings. The molecule has 1 aromatic heterocycles. The Bertz CT molecular complexity index is 1400. The van der Waals surface area contributed by atoms with Gasteiger partial charge in [-0.2, -0.15) is 0 Å². The summed E-state index contributed by atoms with van der Waals surface area (Å²) in [5.41, 5.74) is 0.242. The molecule has 3 aromatic carbocycles. The lowest BCUT2D eigenvalue weighted by molar-refractivity contribution is 0.0967. The first-order valence-corrected chi connectivity index (χ1v) is 12.5. The minimum Gasteiger partial charge on any atom is -0.438 e. The van der Waals surface area contributed by atoms with Crippen molar-refractivity contribution in [3.05, 3.63) is 105 Å². The van der Waals surface area contributed by atoms with E-state index in [-0.39, 0.29) is 32.2 Å². The predicted octanol–water partition coefficient (Wildman–Crippen LogP) is 8.60. The van der Waals surface area contributed by atoms with E-state index in [1.54, 1.807) is 30.0 Å². The third kappa shape index (κ3) is 6.84. The Labute approximate surface area is 230 Å². The fraction of sp³-hybridized carbons (Fsp3) is 0. The summed E-state index contributed by atoms with van der Waals surface area (Å²) in [4.78, 5) is 30.8. The van der Waals surface area contributed by atoms with Crippen molar-refractivity contribution in [1.82, 2.24) is 10.3 Å². The van der Waals surface area contributed by atoms with Crippen molar-refractivity contribution in [2.75, 3.05) is 5.32 Å². The highest BCUT2D eigenvalue weighted by Gasteiger charge is 2.17. The number of nitrogens with one attached hydrogen (secondary N) is 2. The third-order valence-electron chi connectivity index (χ3n) is 4.57. The number of ether oxygens (including phenoxy) is 1. The molecule has 0 saturated carbocycles. The van der Waals surface area contributed by atoms with Crippen LogP contribution in [0.25, 0.3) is 0 Å². The summed E-state index contributed by atoms with van der Waals surface area (Å²) in [6.07, 6.45) is 1.35. The number of halogens is 4. The Morgan fingerprint density at radius 2 is 1.42 bits per heavy atom. The molecule has 0 atom stereocenters. The Hall–Kier alpha value is -2.94. The first-order chi connectivity index (χ1) is 17.3. The van der Waals surface area contributed by atoms with Gasteiger partial charge in [0.2, 0.25) is 5.88 Å². The van der Waals surface area contributed by atoms with Crippen LogP contribution < -0.4 is 15.4 Å². The lowest BCUT2D eigenvalue weighted by Gasteiger charge is -2.11. The van der Waals surface area contributed by atoms with Crippen LogP contribution >= 0.6 is 58.2 Å². The van der Waals surface area contributed by atoms with E-state index in [0.29, 0.717) is 10.8 Å². The quantitative estimate of drug-likeness (QED) is 0.239. The summed E-state index contributed by atoms with van der Waals surface area (Å²) in [6.45, 7) is 0. The fourth-order valence-electron chi connectivity index (χ4n) is 2.94. The normalized spacial score (nSPS) is 10.6. The molecule has 1 heterocycles. The number of urea groups is 1. The number of imide groups is 1. The largest absolute Gasteiger partial charge is 0.438 e. The molecule has 0 bridgehead atoms. The van der Waals surface area contributed by atoms with Crippen molar-refractivity contribution in [3.8, 4) is 11.6 Å². The second kappa shape index (κ2) is 11.9. The summed E-state index contributed by atoms with van der Waals surface area (Å²) in [5.74, 6) is -0.0649. The number of carbonyl (C=O) groups is 2. The van der Waals surface area contributed by atoms with Gasteiger partial charge in [0.05, 0.1) is 27.5 Å². The summed E-state index contributed by atoms with van der Waals surface area (Å²) >= 11 is 25.8. The molecule has 4 rings (SSSR count). The van der Waals surface area contributed by atoms with Crippen LogP contribution in [-0.2, 0) is 0 Å². The smallest absolute Gasteiger partial charge is 0.326 e. The zero-order valence-corrected chi connectivity index (χ0v) is 21.9. The van der Waals surface area contributed by atoms with Gasteiger partial charge in [-0.1, -0.05) is 64.2 Å². The van der Waals surface area contributed by atoms with E-state index in [2.05, 4.69) is 15.6 Å².